The number of hydroxylamine groups is 2. The SMILES string of the molecule is C=C1CCC(=O)N1OC(=O)C(CCSSC(C)(C)CN(CCOCCOCCOC)c1cc(COc2cc3c(cc2C)C(=O)N2c4ccccc4C[C@H]2CC3)cc(COc2cc3c(cc2OC)C(=O)N2c4ccccc4C[C@H]2C=N3)c1)S(=O)(=O)O. The van der Waals surface area contributed by atoms with Crippen LogP contribution < -0.4 is 28.9 Å². The van der Waals surface area contributed by atoms with Gasteiger partial charge in [0.2, 0.25) is 0 Å². The van der Waals surface area contributed by atoms with Crippen molar-refractivity contribution in [2.75, 3.05) is 80.8 Å². The van der Waals surface area contributed by atoms with Gasteiger partial charge in [0.1, 0.15) is 19.0 Å². The van der Waals surface area contributed by atoms with Gasteiger partial charge in [0, 0.05) is 84.5 Å². The topological polar surface area (TPSA) is 213 Å². The van der Waals surface area contributed by atoms with Crippen LogP contribution >= 0.6 is 21.6 Å². The zero-order chi connectivity index (χ0) is 60.0. The van der Waals surface area contributed by atoms with Crippen LogP contribution in [0.4, 0.5) is 22.7 Å². The molecule has 0 aliphatic carbocycles. The predicted molar refractivity (Wildman–Crippen MR) is 328 cm³/mol. The van der Waals surface area contributed by atoms with Crippen LogP contribution in [-0.4, -0.2) is 136 Å². The highest BCUT2D eigenvalue weighted by Crippen LogP contribution is 2.43. The molecule has 0 saturated carbocycles. The van der Waals surface area contributed by atoms with Crippen molar-refractivity contribution < 1.29 is 65.4 Å². The van der Waals surface area contributed by atoms with Gasteiger partial charge < -0.3 is 43.1 Å². The van der Waals surface area contributed by atoms with Gasteiger partial charge in [-0.15, -0.1) is 5.06 Å². The number of hydrogen-bond donors (Lipinski definition) is 1. The Morgan fingerprint density at radius 3 is 2.15 bits per heavy atom. The van der Waals surface area contributed by atoms with Crippen molar-refractivity contribution in [1.82, 2.24) is 5.06 Å². The molecule has 5 aliphatic heterocycles. The van der Waals surface area contributed by atoms with Crippen molar-refractivity contribution in [2.45, 2.75) is 101 Å². The molecule has 5 aromatic rings. The molecular formula is C63H71N5O14S3. The van der Waals surface area contributed by atoms with Crippen molar-refractivity contribution in [3.63, 3.8) is 0 Å². The monoisotopic (exact) mass is 1220 g/mol. The van der Waals surface area contributed by atoms with E-state index in [1.165, 1.54) is 34.3 Å². The minimum atomic E-state index is -4.90. The van der Waals surface area contributed by atoms with Crippen LogP contribution in [0.3, 0.4) is 0 Å². The molecule has 1 N–H and O–H groups in total. The maximum Gasteiger partial charge on any atom is 0.353 e. The molecule has 19 nitrogen and oxygen atoms in total. The van der Waals surface area contributed by atoms with Gasteiger partial charge in [0.15, 0.2) is 16.7 Å². The fourth-order valence-electron chi connectivity index (χ4n) is 11.4. The second-order valence-electron chi connectivity index (χ2n) is 22.2. The zero-order valence-corrected chi connectivity index (χ0v) is 50.9. The molecular weight excluding hydrogens is 1150 g/mol. The third-order valence-electron chi connectivity index (χ3n) is 15.6. The second kappa shape index (κ2) is 26.8. The summed E-state index contributed by atoms with van der Waals surface area (Å²) in [5.74, 6) is -0.427. The number of carbonyl (C=O) groups excluding carboxylic acids is 4. The summed E-state index contributed by atoms with van der Waals surface area (Å²) in [6.45, 7) is 12.8. The Labute approximate surface area is 504 Å². The van der Waals surface area contributed by atoms with Crippen molar-refractivity contribution in [3.05, 3.63) is 148 Å². The van der Waals surface area contributed by atoms with Crippen LogP contribution in [-0.2, 0) is 71.2 Å². The highest BCUT2D eigenvalue weighted by molar-refractivity contribution is 8.77. The number of benzene rings is 5. The van der Waals surface area contributed by atoms with Gasteiger partial charge in [-0.3, -0.25) is 28.8 Å². The first-order chi connectivity index (χ1) is 40.9. The Balaban J connectivity index is 0.915. The lowest BCUT2D eigenvalue weighted by Gasteiger charge is -2.34. The molecule has 22 heteroatoms. The van der Waals surface area contributed by atoms with Gasteiger partial charge in [-0.1, -0.05) is 64.6 Å². The highest BCUT2D eigenvalue weighted by atomic mass is 33.1. The van der Waals surface area contributed by atoms with Crippen molar-refractivity contribution in [1.29, 1.82) is 0 Å². The largest absolute Gasteiger partial charge is 0.493 e. The minimum Gasteiger partial charge on any atom is -0.493 e. The number of aliphatic imine (C=N–C) groups is 1. The Morgan fingerprint density at radius 1 is 0.788 bits per heavy atom. The first-order valence-corrected chi connectivity index (χ1v) is 32.2. The Bertz CT molecular complexity index is 3490. The van der Waals surface area contributed by atoms with Crippen LogP contribution in [0.2, 0.25) is 0 Å². The minimum absolute atomic E-state index is 0.00203. The van der Waals surface area contributed by atoms with Crippen LogP contribution in [0, 0.1) is 6.92 Å². The van der Waals surface area contributed by atoms with Crippen LogP contribution in [0.15, 0.2) is 108 Å². The van der Waals surface area contributed by atoms with E-state index in [0.29, 0.717) is 91.7 Å². The smallest absolute Gasteiger partial charge is 0.353 e. The van der Waals surface area contributed by atoms with Crippen LogP contribution in [0.5, 0.6) is 17.2 Å². The molecule has 3 amide bonds. The van der Waals surface area contributed by atoms with Crippen molar-refractivity contribution >= 4 is 84.4 Å². The molecule has 3 atom stereocenters. The number of hydrogen-bond acceptors (Lipinski definition) is 17. The zero-order valence-electron chi connectivity index (χ0n) is 48.4. The van der Waals surface area contributed by atoms with Gasteiger partial charge in [-0.05, 0) is 135 Å². The third kappa shape index (κ3) is 14.2. The summed E-state index contributed by atoms with van der Waals surface area (Å²) in [4.78, 5) is 69.9. The van der Waals surface area contributed by atoms with E-state index in [0.717, 1.165) is 64.1 Å². The number of fused-ring (bicyclic) bond motifs is 8. The number of nitrogens with zero attached hydrogens (tertiary/aromatic N) is 5. The van der Waals surface area contributed by atoms with Crippen LogP contribution in [0.25, 0.3) is 0 Å². The van der Waals surface area contributed by atoms with Crippen molar-refractivity contribution in [3.8, 4) is 17.2 Å². The van der Waals surface area contributed by atoms with Gasteiger partial charge in [0.25, 0.3) is 27.8 Å². The number of aryl methyl sites for hydroxylation is 2. The summed E-state index contributed by atoms with van der Waals surface area (Å²) in [7, 11) is 1.06. The van der Waals surface area contributed by atoms with E-state index >= 15 is 0 Å². The molecule has 10 rings (SSSR count). The maximum atomic E-state index is 14.3. The summed E-state index contributed by atoms with van der Waals surface area (Å²) in [5.41, 5.74) is 10.1. The number of ether oxygens (including phenoxy) is 6. The fraction of sp³-hybridized carbons (Fsp3) is 0.413. The van der Waals surface area contributed by atoms with E-state index in [4.69, 9.17) is 38.3 Å². The Hall–Kier alpha value is -6.92. The third-order valence-corrected chi connectivity index (χ3v) is 20.0. The maximum absolute atomic E-state index is 14.3. The lowest BCUT2D eigenvalue weighted by molar-refractivity contribution is -0.186. The molecule has 85 heavy (non-hydrogen) atoms. The van der Waals surface area contributed by atoms with Gasteiger partial charge in [0.05, 0.1) is 63.1 Å². The number of methoxy groups -OCH3 is 2. The summed E-state index contributed by atoms with van der Waals surface area (Å²) in [6, 6.07) is 29.4. The average molecular weight is 1220 g/mol. The predicted octanol–water partition coefficient (Wildman–Crippen LogP) is 9.85. The summed E-state index contributed by atoms with van der Waals surface area (Å²) >= 11 is 0. The number of allylic oxidation sites excluding steroid dienone is 1. The number of carbonyl (C=O) groups is 4. The fourth-order valence-corrected chi connectivity index (χ4v) is 14.8. The quantitative estimate of drug-likeness (QED) is 0.0294. The summed E-state index contributed by atoms with van der Waals surface area (Å²) in [6.07, 6.45) is 4.87. The molecule has 1 fully saturated rings. The Morgan fingerprint density at radius 2 is 1.46 bits per heavy atom. The van der Waals surface area contributed by atoms with Gasteiger partial charge in [-0.2, -0.15) is 8.42 Å². The number of para-hydroxylation sites is 2. The highest BCUT2D eigenvalue weighted by Gasteiger charge is 2.40. The molecule has 5 aromatic carbocycles. The van der Waals surface area contributed by atoms with Crippen molar-refractivity contribution in [2.24, 2.45) is 4.99 Å². The number of rotatable bonds is 27. The Kier molecular flexibility index (Phi) is 19.3. The molecule has 0 aromatic heterocycles. The molecule has 0 radical (unpaired) electrons. The standard InChI is InChI=1S/C63H71N5O14S3/c1-40-27-50-44(16-17-47-31-45-11-7-9-13-53(45)66(47)60(50)70)33-55(40)80-37-42-28-43(38-81-57-35-52-51(34-56(57)77-6)61(71)67-49(36-64-52)32-46-12-8-10-14-54(46)67)30-48(29-42)65(20-21-78-24-25-79-23-22-76-5)39-63(3,4)84-83-26-19-58(85(73,74)75)62(72)82-68-41(2)15-18-59(68)69/h7-14,27-30,33-36,47,49,58H,2,15-26,31-32,37-39H2,1,3-6H3,(H,73,74,75)/t47-,49+,58?/m1/s1. The van der Waals surface area contributed by atoms with E-state index < -0.39 is 32.0 Å². The molecule has 1 saturated heterocycles. The second-order valence-corrected chi connectivity index (χ2v) is 26.9. The molecule has 0 bridgehead atoms. The van der Waals surface area contributed by atoms with Gasteiger partial charge in [-0.25, -0.2) is 4.79 Å². The van der Waals surface area contributed by atoms with E-state index in [9.17, 15) is 32.1 Å². The number of amides is 3. The van der Waals surface area contributed by atoms with E-state index in [1.807, 2.05) is 98.6 Å². The lowest BCUT2D eigenvalue weighted by Crippen LogP contribution is -2.39. The summed E-state index contributed by atoms with van der Waals surface area (Å²) in [5, 5.41) is -1.23. The first kappa shape index (κ1) is 61.2. The molecule has 450 valence electrons. The molecule has 0 spiro atoms. The molecule has 5 heterocycles. The van der Waals surface area contributed by atoms with E-state index in [1.54, 1.807) is 24.1 Å². The number of anilines is 3. The van der Waals surface area contributed by atoms with Crippen LogP contribution in [0.1, 0.15) is 93.6 Å². The van der Waals surface area contributed by atoms with E-state index in [2.05, 4.69) is 23.6 Å². The van der Waals surface area contributed by atoms with Gasteiger partial charge >= 0.3 is 5.97 Å². The normalized spacial score (nSPS) is 17.4. The van der Waals surface area contributed by atoms with E-state index in [-0.39, 0.29) is 67.8 Å². The molecule has 1 unspecified atom stereocenters. The summed E-state index contributed by atoms with van der Waals surface area (Å²) < 4.78 is 70.8. The average Bonchev–Trinajstić information content (AvgIpc) is 2.37. The molecule has 5 aliphatic rings. The lowest BCUT2D eigenvalue weighted by atomic mass is 9.98. The first-order valence-electron chi connectivity index (χ1n) is 28.4.